The minimum absolute atomic E-state index is 0.0162. The van der Waals surface area contributed by atoms with Crippen LogP contribution in [0.5, 0.6) is 0 Å². The Labute approximate surface area is 160 Å². The molecule has 142 valence electrons. The maximum absolute atomic E-state index is 12.6. The highest BCUT2D eigenvalue weighted by Gasteiger charge is 2.23. The van der Waals surface area contributed by atoms with Crippen LogP contribution in [0.15, 0.2) is 53.4 Å². The second kappa shape index (κ2) is 9.18. The minimum atomic E-state index is -1.00. The summed E-state index contributed by atoms with van der Waals surface area (Å²) < 4.78 is 0. The van der Waals surface area contributed by atoms with Gasteiger partial charge < -0.3 is 10.4 Å². The summed E-state index contributed by atoms with van der Waals surface area (Å²) >= 11 is 1.25. The van der Waals surface area contributed by atoms with Gasteiger partial charge in [0.2, 0.25) is 5.91 Å². The molecule has 0 spiro atoms. The monoisotopic (exact) mass is 388 g/mol. The normalized spacial score (nSPS) is 12.8. The van der Waals surface area contributed by atoms with Gasteiger partial charge in [-0.2, -0.15) is 0 Å². The number of hydrogen-bond acceptors (Lipinski definition) is 5. The van der Waals surface area contributed by atoms with Crippen molar-refractivity contribution in [1.82, 2.24) is 5.32 Å². The molecule has 0 heterocycles. The Morgan fingerprint density at radius 2 is 1.81 bits per heavy atom. The second-order valence-corrected chi connectivity index (χ2v) is 7.44. The van der Waals surface area contributed by atoms with Crippen molar-refractivity contribution in [3.8, 4) is 0 Å². The molecule has 0 saturated heterocycles. The van der Waals surface area contributed by atoms with Gasteiger partial charge in [-0.15, -0.1) is 11.8 Å². The lowest BCUT2D eigenvalue weighted by molar-refractivity contribution is -0.384. The number of nitro groups is 1. The summed E-state index contributed by atoms with van der Waals surface area (Å²) in [6, 6.07) is 12.6. The van der Waals surface area contributed by atoms with Crippen molar-refractivity contribution >= 4 is 29.3 Å². The quantitative estimate of drug-likeness (QED) is 0.405. The number of hydrogen-bond donors (Lipinski definition) is 2. The van der Waals surface area contributed by atoms with Gasteiger partial charge in [0.05, 0.1) is 22.6 Å². The van der Waals surface area contributed by atoms with Crippen LogP contribution in [0.1, 0.15) is 30.5 Å². The molecule has 2 rings (SSSR count). The maximum atomic E-state index is 12.6. The third kappa shape index (κ3) is 5.82. The van der Waals surface area contributed by atoms with Crippen molar-refractivity contribution in [3.05, 3.63) is 69.8 Å². The highest BCUT2D eigenvalue weighted by molar-refractivity contribution is 8.00. The Morgan fingerprint density at radius 1 is 1.19 bits per heavy atom. The number of nitro benzene ring substituents is 1. The van der Waals surface area contributed by atoms with Crippen LogP contribution in [0.2, 0.25) is 0 Å². The Bertz CT molecular complexity index is 838. The molecule has 8 heteroatoms. The van der Waals surface area contributed by atoms with E-state index < -0.39 is 22.2 Å². The van der Waals surface area contributed by atoms with E-state index in [1.165, 1.54) is 23.9 Å². The summed E-state index contributed by atoms with van der Waals surface area (Å²) in [6.07, 6.45) is -0.217. The first-order valence-electron chi connectivity index (χ1n) is 8.26. The summed E-state index contributed by atoms with van der Waals surface area (Å²) in [5, 5.41) is 22.2. The molecule has 7 nitrogen and oxygen atoms in total. The number of aliphatic carboxylic acids is 1. The lowest BCUT2D eigenvalue weighted by Gasteiger charge is -2.21. The molecule has 0 radical (unpaired) electrons. The predicted octanol–water partition coefficient (Wildman–Crippen LogP) is 3.72. The number of carbonyl (C=O) groups is 2. The smallest absolute Gasteiger partial charge is 0.305 e. The Morgan fingerprint density at radius 3 is 2.37 bits per heavy atom. The number of amides is 1. The second-order valence-electron chi connectivity index (χ2n) is 6.03. The highest BCUT2D eigenvalue weighted by atomic mass is 32.2. The minimum Gasteiger partial charge on any atom is -0.481 e. The summed E-state index contributed by atoms with van der Waals surface area (Å²) in [7, 11) is 0. The van der Waals surface area contributed by atoms with E-state index in [-0.39, 0.29) is 18.0 Å². The number of benzene rings is 2. The molecule has 0 bridgehead atoms. The number of aryl methyl sites for hydroxylation is 1. The third-order valence-electron chi connectivity index (χ3n) is 3.99. The molecule has 2 aromatic carbocycles. The summed E-state index contributed by atoms with van der Waals surface area (Å²) in [5.74, 6) is -1.30. The van der Waals surface area contributed by atoms with Crippen molar-refractivity contribution in [2.24, 2.45) is 0 Å². The van der Waals surface area contributed by atoms with Gasteiger partial charge in [0.15, 0.2) is 0 Å². The molecule has 0 aromatic heterocycles. The fourth-order valence-electron chi connectivity index (χ4n) is 2.58. The van der Waals surface area contributed by atoms with E-state index in [4.69, 9.17) is 0 Å². The molecular weight excluding hydrogens is 368 g/mol. The number of nitrogens with zero attached hydrogens (tertiary/aromatic N) is 1. The molecule has 0 aliphatic rings. The van der Waals surface area contributed by atoms with E-state index in [9.17, 15) is 24.8 Å². The van der Waals surface area contributed by atoms with E-state index in [0.29, 0.717) is 4.90 Å². The fraction of sp³-hybridized carbons (Fsp3) is 0.263. The zero-order valence-electron chi connectivity index (χ0n) is 14.9. The summed E-state index contributed by atoms with van der Waals surface area (Å²) in [6.45, 7) is 3.57. The van der Waals surface area contributed by atoms with Crippen LogP contribution in [-0.2, 0) is 9.59 Å². The van der Waals surface area contributed by atoms with Crippen molar-refractivity contribution in [2.75, 3.05) is 0 Å². The zero-order valence-corrected chi connectivity index (χ0v) is 15.7. The number of non-ortho nitro benzene ring substituents is 1. The Balaban J connectivity index is 2.08. The standard InChI is InChI=1S/C19H20N2O5S/c1-12-5-3-4-6-16(12)17(11-18(22)23)20-19(24)13(2)27-15-9-7-14(8-10-15)21(25)26/h3-10,13,17H,11H2,1-2H3,(H,20,24)(H,22,23). The molecule has 2 N–H and O–H groups in total. The van der Waals surface area contributed by atoms with Gasteiger partial charge in [0.1, 0.15) is 0 Å². The average Bonchev–Trinajstić information content (AvgIpc) is 2.61. The van der Waals surface area contributed by atoms with E-state index in [1.54, 1.807) is 31.2 Å². The molecule has 1 amide bonds. The first kappa shape index (κ1) is 20.4. The van der Waals surface area contributed by atoms with Crippen molar-refractivity contribution < 1.29 is 19.6 Å². The van der Waals surface area contributed by atoms with Gasteiger partial charge in [-0.05, 0) is 37.1 Å². The van der Waals surface area contributed by atoms with Gasteiger partial charge in [-0.3, -0.25) is 19.7 Å². The predicted molar refractivity (Wildman–Crippen MR) is 103 cm³/mol. The van der Waals surface area contributed by atoms with Gasteiger partial charge in [-0.1, -0.05) is 24.3 Å². The molecule has 2 unspecified atom stereocenters. The molecular formula is C19H20N2O5S. The number of carboxylic acid groups (broad SMARTS) is 1. The van der Waals surface area contributed by atoms with Crippen molar-refractivity contribution in [1.29, 1.82) is 0 Å². The number of rotatable bonds is 8. The summed E-state index contributed by atoms with van der Waals surface area (Å²) in [4.78, 5) is 34.7. The van der Waals surface area contributed by atoms with Crippen LogP contribution < -0.4 is 5.32 Å². The van der Waals surface area contributed by atoms with Gasteiger partial charge in [-0.25, -0.2) is 0 Å². The van der Waals surface area contributed by atoms with Crippen LogP contribution in [0.25, 0.3) is 0 Å². The van der Waals surface area contributed by atoms with Crippen molar-refractivity contribution in [3.63, 3.8) is 0 Å². The number of thioether (sulfide) groups is 1. The maximum Gasteiger partial charge on any atom is 0.305 e. The first-order chi connectivity index (χ1) is 12.8. The first-order valence-corrected chi connectivity index (χ1v) is 9.14. The zero-order chi connectivity index (χ0) is 20.0. The molecule has 0 aliphatic carbocycles. The number of carboxylic acids is 1. The fourth-order valence-corrected chi connectivity index (χ4v) is 3.46. The largest absolute Gasteiger partial charge is 0.481 e. The Hall–Kier alpha value is -2.87. The lowest BCUT2D eigenvalue weighted by Crippen LogP contribution is -2.35. The molecule has 0 saturated carbocycles. The van der Waals surface area contributed by atoms with E-state index >= 15 is 0 Å². The van der Waals surface area contributed by atoms with E-state index in [2.05, 4.69) is 5.32 Å². The third-order valence-corrected chi connectivity index (χ3v) is 5.10. The van der Waals surface area contributed by atoms with E-state index in [1.807, 2.05) is 19.1 Å². The van der Waals surface area contributed by atoms with E-state index in [0.717, 1.165) is 11.1 Å². The van der Waals surface area contributed by atoms with Crippen LogP contribution >= 0.6 is 11.8 Å². The van der Waals surface area contributed by atoms with Crippen LogP contribution in [0, 0.1) is 17.0 Å². The van der Waals surface area contributed by atoms with Gasteiger partial charge >= 0.3 is 5.97 Å². The number of nitrogens with one attached hydrogen (secondary N) is 1. The van der Waals surface area contributed by atoms with Crippen LogP contribution in [0.4, 0.5) is 5.69 Å². The Kier molecular flexibility index (Phi) is 6.95. The van der Waals surface area contributed by atoms with Gasteiger partial charge in [0.25, 0.3) is 5.69 Å². The van der Waals surface area contributed by atoms with Crippen molar-refractivity contribution in [2.45, 2.75) is 36.5 Å². The molecule has 27 heavy (non-hydrogen) atoms. The average molecular weight is 388 g/mol. The molecule has 2 aromatic rings. The van der Waals surface area contributed by atoms with Gasteiger partial charge in [0, 0.05) is 17.0 Å². The SMILES string of the molecule is Cc1ccccc1C(CC(=O)O)NC(=O)C(C)Sc1ccc([N+](=O)[O-])cc1. The molecule has 0 aliphatic heterocycles. The number of carbonyl (C=O) groups excluding carboxylic acids is 1. The van der Waals surface area contributed by atoms with Crippen LogP contribution in [-0.4, -0.2) is 27.2 Å². The molecule has 0 fully saturated rings. The highest BCUT2D eigenvalue weighted by Crippen LogP contribution is 2.27. The molecule has 2 atom stereocenters. The topological polar surface area (TPSA) is 110 Å². The lowest BCUT2D eigenvalue weighted by atomic mass is 9.98. The summed E-state index contributed by atoms with van der Waals surface area (Å²) in [5.41, 5.74) is 1.65. The van der Waals surface area contributed by atoms with Crippen LogP contribution in [0.3, 0.4) is 0 Å².